The van der Waals surface area contributed by atoms with Gasteiger partial charge in [0.2, 0.25) is 0 Å². The number of carbonyl (C=O) groups excluding carboxylic acids is 1. The molecule has 0 aromatic heterocycles. The van der Waals surface area contributed by atoms with E-state index in [1.54, 1.807) is 19.1 Å². The summed E-state index contributed by atoms with van der Waals surface area (Å²) in [7, 11) is 0. The molecule has 0 saturated heterocycles. The number of nitrogens with zero attached hydrogens (tertiary/aromatic N) is 1. The van der Waals surface area contributed by atoms with Crippen molar-refractivity contribution in [1.29, 1.82) is 0 Å². The average molecular weight is 147 g/mol. The summed E-state index contributed by atoms with van der Waals surface area (Å²) in [5.41, 5.74) is 10.9. The van der Waals surface area contributed by atoms with Crippen LogP contribution >= 0.6 is 0 Å². The standard InChI is InChI=1S/C9H9NO/c1-6-3-4-8(9(10)11)7(2)5-6/h3-5H,1-2H3. The van der Waals surface area contributed by atoms with Crippen molar-refractivity contribution in [3.8, 4) is 0 Å². The normalized spacial score (nSPS) is 9.64. The minimum absolute atomic E-state index is 0.385. The molecular weight excluding hydrogens is 138 g/mol. The summed E-state index contributed by atoms with van der Waals surface area (Å²) in [6, 6.07) is 5.30. The van der Waals surface area contributed by atoms with Gasteiger partial charge in [-0.05, 0) is 25.5 Å². The maximum absolute atomic E-state index is 10.5. The Hall–Kier alpha value is -1.31. The smallest absolute Gasteiger partial charge is 0.265 e. The van der Waals surface area contributed by atoms with Crippen LogP contribution in [0.1, 0.15) is 21.5 Å². The van der Waals surface area contributed by atoms with Crippen LogP contribution in [0.25, 0.3) is 0 Å². The highest BCUT2D eigenvalue weighted by Crippen LogP contribution is 2.09. The van der Waals surface area contributed by atoms with Gasteiger partial charge in [-0.2, -0.15) is 0 Å². The van der Waals surface area contributed by atoms with E-state index in [0.29, 0.717) is 5.56 Å². The van der Waals surface area contributed by atoms with E-state index in [2.05, 4.69) is 0 Å². The summed E-state index contributed by atoms with van der Waals surface area (Å²) >= 11 is 0. The van der Waals surface area contributed by atoms with Crippen LogP contribution in [0.3, 0.4) is 0 Å². The molecule has 0 heterocycles. The maximum Gasteiger partial charge on any atom is 0.295 e. The van der Waals surface area contributed by atoms with Gasteiger partial charge < -0.3 is 0 Å². The first-order chi connectivity index (χ1) is 5.11. The molecular formula is C9H9NO. The highest BCUT2D eigenvalue weighted by molar-refractivity contribution is 5.93. The first-order valence-electron chi connectivity index (χ1n) is 3.42. The highest BCUT2D eigenvalue weighted by atomic mass is 16.1. The zero-order valence-electron chi connectivity index (χ0n) is 6.59. The summed E-state index contributed by atoms with van der Waals surface area (Å²) in [6.45, 7) is 3.75. The summed E-state index contributed by atoms with van der Waals surface area (Å²) < 4.78 is 0. The number of hydrogen-bond donors (Lipinski definition) is 0. The van der Waals surface area contributed by atoms with E-state index < -0.39 is 5.91 Å². The molecule has 56 valence electrons. The summed E-state index contributed by atoms with van der Waals surface area (Å²) in [5, 5.41) is 0. The zero-order chi connectivity index (χ0) is 8.43. The fourth-order valence-electron chi connectivity index (χ4n) is 1.05. The van der Waals surface area contributed by atoms with Crippen LogP contribution in [0, 0.1) is 13.8 Å². The Morgan fingerprint density at radius 3 is 2.45 bits per heavy atom. The van der Waals surface area contributed by atoms with Gasteiger partial charge in [0.15, 0.2) is 0 Å². The first-order valence-corrected chi connectivity index (χ1v) is 3.42. The molecule has 1 aromatic carbocycles. The molecule has 2 nitrogen and oxygen atoms in total. The molecule has 2 radical (unpaired) electrons. The highest BCUT2D eigenvalue weighted by Gasteiger charge is 2.04. The number of hydrogen-bond acceptors (Lipinski definition) is 1. The largest absolute Gasteiger partial charge is 0.295 e. The molecule has 0 unspecified atom stereocenters. The molecule has 11 heavy (non-hydrogen) atoms. The van der Waals surface area contributed by atoms with Crippen molar-refractivity contribution in [3.63, 3.8) is 0 Å². The van der Waals surface area contributed by atoms with E-state index in [4.69, 9.17) is 5.73 Å². The number of rotatable bonds is 1. The second kappa shape index (κ2) is 2.74. The van der Waals surface area contributed by atoms with E-state index in [-0.39, 0.29) is 0 Å². The van der Waals surface area contributed by atoms with Crippen LogP contribution in [0.5, 0.6) is 0 Å². The Bertz CT molecular complexity index is 292. The lowest BCUT2D eigenvalue weighted by Gasteiger charge is -1.99. The fraction of sp³-hybridized carbons (Fsp3) is 0.222. The maximum atomic E-state index is 10.5. The second-order valence-corrected chi connectivity index (χ2v) is 2.62. The third kappa shape index (κ3) is 1.58. The van der Waals surface area contributed by atoms with Gasteiger partial charge in [-0.1, -0.05) is 17.7 Å². The van der Waals surface area contributed by atoms with Crippen molar-refractivity contribution in [1.82, 2.24) is 5.73 Å². The second-order valence-electron chi connectivity index (χ2n) is 2.62. The molecule has 0 spiro atoms. The molecule has 0 fully saturated rings. The van der Waals surface area contributed by atoms with Crippen molar-refractivity contribution in [2.45, 2.75) is 13.8 Å². The molecule has 1 aromatic rings. The Labute approximate surface area is 66.0 Å². The lowest BCUT2D eigenvalue weighted by Crippen LogP contribution is -2.01. The van der Waals surface area contributed by atoms with Crippen LogP contribution in [0.4, 0.5) is 0 Å². The van der Waals surface area contributed by atoms with E-state index in [0.717, 1.165) is 11.1 Å². The predicted octanol–water partition coefficient (Wildman–Crippen LogP) is 1.51. The average Bonchev–Trinajstić information content (AvgIpc) is 1.85. The Kier molecular flexibility index (Phi) is 1.94. The van der Waals surface area contributed by atoms with Gasteiger partial charge in [0.05, 0.1) is 0 Å². The molecule has 0 aliphatic carbocycles. The van der Waals surface area contributed by atoms with E-state index in [9.17, 15) is 4.79 Å². The molecule has 0 N–H and O–H groups in total. The van der Waals surface area contributed by atoms with Crippen molar-refractivity contribution in [2.75, 3.05) is 0 Å². The topological polar surface area (TPSA) is 39.4 Å². The van der Waals surface area contributed by atoms with Gasteiger partial charge in [-0.15, -0.1) is 5.73 Å². The van der Waals surface area contributed by atoms with Crippen LogP contribution in [0.2, 0.25) is 0 Å². The van der Waals surface area contributed by atoms with E-state index >= 15 is 0 Å². The van der Waals surface area contributed by atoms with Gasteiger partial charge in [0.25, 0.3) is 5.91 Å². The molecule has 1 amide bonds. The Morgan fingerprint density at radius 1 is 1.36 bits per heavy atom. The first kappa shape index (κ1) is 7.79. The lowest BCUT2D eigenvalue weighted by atomic mass is 10.1. The molecule has 1 rings (SSSR count). The lowest BCUT2D eigenvalue weighted by molar-refractivity contribution is 0.0991. The van der Waals surface area contributed by atoms with Crippen LogP contribution < -0.4 is 5.73 Å². The Morgan fingerprint density at radius 2 is 2.00 bits per heavy atom. The van der Waals surface area contributed by atoms with Crippen molar-refractivity contribution in [3.05, 3.63) is 34.9 Å². The summed E-state index contributed by atoms with van der Waals surface area (Å²) in [6.07, 6.45) is 0. The van der Waals surface area contributed by atoms with Crippen molar-refractivity contribution >= 4 is 5.91 Å². The number of carbonyl (C=O) groups is 1. The minimum atomic E-state index is -0.859. The van der Waals surface area contributed by atoms with Gasteiger partial charge >= 0.3 is 0 Å². The number of aryl methyl sites for hydroxylation is 2. The molecule has 0 aliphatic heterocycles. The zero-order valence-corrected chi connectivity index (χ0v) is 6.59. The molecule has 0 saturated carbocycles. The third-order valence-electron chi connectivity index (χ3n) is 1.61. The Balaban J connectivity index is 3.20. The molecule has 0 aliphatic rings. The van der Waals surface area contributed by atoms with Crippen LogP contribution in [0.15, 0.2) is 18.2 Å². The quantitative estimate of drug-likeness (QED) is 0.593. The van der Waals surface area contributed by atoms with Gasteiger partial charge in [-0.25, -0.2) is 0 Å². The molecule has 2 heteroatoms. The SMILES string of the molecule is Cc1ccc(C([N])=O)c(C)c1. The summed E-state index contributed by atoms with van der Waals surface area (Å²) in [4.78, 5) is 10.5. The van der Waals surface area contributed by atoms with Gasteiger partial charge in [-0.3, -0.25) is 4.79 Å². The summed E-state index contributed by atoms with van der Waals surface area (Å²) in [5.74, 6) is -0.859. The van der Waals surface area contributed by atoms with E-state index in [1.807, 2.05) is 13.0 Å². The monoisotopic (exact) mass is 147 g/mol. The minimum Gasteiger partial charge on any atom is -0.265 e. The molecule has 0 bridgehead atoms. The third-order valence-corrected chi connectivity index (χ3v) is 1.61. The number of benzene rings is 1. The van der Waals surface area contributed by atoms with Crippen molar-refractivity contribution < 1.29 is 4.79 Å². The van der Waals surface area contributed by atoms with Gasteiger partial charge in [0, 0.05) is 5.56 Å². The molecule has 0 atom stereocenters. The van der Waals surface area contributed by atoms with Crippen LogP contribution in [-0.2, 0) is 0 Å². The fourth-order valence-corrected chi connectivity index (χ4v) is 1.05. The van der Waals surface area contributed by atoms with Crippen molar-refractivity contribution in [2.24, 2.45) is 0 Å². The number of amides is 1. The van der Waals surface area contributed by atoms with Crippen LogP contribution in [-0.4, -0.2) is 5.91 Å². The van der Waals surface area contributed by atoms with E-state index in [1.165, 1.54) is 0 Å². The predicted molar refractivity (Wildman–Crippen MR) is 42.4 cm³/mol. The van der Waals surface area contributed by atoms with Gasteiger partial charge in [0.1, 0.15) is 0 Å².